The van der Waals surface area contributed by atoms with Gasteiger partial charge in [-0.25, -0.2) is 4.79 Å². The Labute approximate surface area is 114 Å². The van der Waals surface area contributed by atoms with Gasteiger partial charge in [0.1, 0.15) is 0 Å². The summed E-state index contributed by atoms with van der Waals surface area (Å²) >= 11 is 0. The maximum Gasteiger partial charge on any atom is 0.315 e. The highest BCUT2D eigenvalue weighted by atomic mass is 16.4. The highest BCUT2D eigenvalue weighted by molar-refractivity contribution is 5.76. The lowest BCUT2D eigenvalue weighted by atomic mass is 10.0. The predicted octanol–water partition coefficient (Wildman–Crippen LogP) is 1.02. The van der Waals surface area contributed by atoms with Gasteiger partial charge in [0.25, 0.3) is 0 Å². The second-order valence-corrected chi connectivity index (χ2v) is 5.96. The van der Waals surface area contributed by atoms with Crippen molar-refractivity contribution >= 4 is 12.0 Å². The van der Waals surface area contributed by atoms with E-state index in [0.29, 0.717) is 0 Å². The minimum Gasteiger partial charge on any atom is -0.481 e. The molecule has 1 atom stereocenters. The Kier molecular flexibility index (Phi) is 5.60. The topological polar surface area (TPSA) is 81.7 Å². The molecular formula is C13H25N3O3. The van der Waals surface area contributed by atoms with Crippen LogP contribution in [0.15, 0.2) is 0 Å². The van der Waals surface area contributed by atoms with Gasteiger partial charge in [0.15, 0.2) is 0 Å². The standard InChI is InChI=1S/C13H25N3O3/c1-10(9-16-6-4-5-7-16)14-12(19)15-13(2,3)8-11(17)18/h10H,4-9H2,1-3H3,(H,17,18)(H2,14,15,19). The number of carbonyl (C=O) groups excluding carboxylic acids is 1. The summed E-state index contributed by atoms with van der Waals surface area (Å²) in [6.07, 6.45) is 2.36. The summed E-state index contributed by atoms with van der Waals surface area (Å²) in [5.74, 6) is -0.921. The molecule has 0 aromatic carbocycles. The normalized spacial score (nSPS) is 18.1. The van der Waals surface area contributed by atoms with Crippen molar-refractivity contribution < 1.29 is 14.7 Å². The van der Waals surface area contributed by atoms with E-state index in [4.69, 9.17) is 5.11 Å². The molecule has 110 valence electrons. The fourth-order valence-corrected chi connectivity index (χ4v) is 2.39. The number of rotatable bonds is 6. The Hall–Kier alpha value is -1.30. The van der Waals surface area contributed by atoms with E-state index < -0.39 is 11.5 Å². The Morgan fingerprint density at radius 2 is 1.89 bits per heavy atom. The number of carbonyl (C=O) groups is 2. The smallest absolute Gasteiger partial charge is 0.315 e. The lowest BCUT2D eigenvalue weighted by molar-refractivity contribution is -0.138. The number of nitrogens with one attached hydrogen (secondary N) is 2. The summed E-state index contributed by atoms with van der Waals surface area (Å²) in [7, 11) is 0. The summed E-state index contributed by atoms with van der Waals surface area (Å²) in [5.41, 5.74) is -0.747. The SMILES string of the molecule is CC(CN1CCCC1)NC(=O)NC(C)(C)CC(=O)O. The second kappa shape index (κ2) is 6.75. The fourth-order valence-electron chi connectivity index (χ4n) is 2.39. The molecule has 1 aliphatic rings. The second-order valence-electron chi connectivity index (χ2n) is 5.96. The molecule has 1 saturated heterocycles. The summed E-state index contributed by atoms with van der Waals surface area (Å²) in [5, 5.41) is 14.3. The van der Waals surface area contributed by atoms with Crippen LogP contribution in [0.5, 0.6) is 0 Å². The third-order valence-corrected chi connectivity index (χ3v) is 3.15. The first-order chi connectivity index (χ1) is 8.78. The van der Waals surface area contributed by atoms with Gasteiger partial charge in [-0.1, -0.05) is 0 Å². The van der Waals surface area contributed by atoms with Crippen molar-refractivity contribution in [3.8, 4) is 0 Å². The zero-order valence-corrected chi connectivity index (χ0v) is 12.0. The fraction of sp³-hybridized carbons (Fsp3) is 0.846. The molecular weight excluding hydrogens is 246 g/mol. The van der Waals surface area contributed by atoms with Crippen LogP contribution in [0.4, 0.5) is 4.79 Å². The van der Waals surface area contributed by atoms with Gasteiger partial charge >= 0.3 is 12.0 Å². The van der Waals surface area contributed by atoms with E-state index >= 15 is 0 Å². The molecule has 1 fully saturated rings. The van der Waals surface area contributed by atoms with E-state index in [1.54, 1.807) is 13.8 Å². The van der Waals surface area contributed by atoms with E-state index in [0.717, 1.165) is 19.6 Å². The van der Waals surface area contributed by atoms with Crippen molar-refractivity contribution in [1.82, 2.24) is 15.5 Å². The van der Waals surface area contributed by atoms with Crippen molar-refractivity contribution in [2.75, 3.05) is 19.6 Å². The molecule has 0 spiro atoms. The van der Waals surface area contributed by atoms with E-state index in [-0.39, 0.29) is 18.5 Å². The first-order valence-corrected chi connectivity index (χ1v) is 6.81. The summed E-state index contributed by atoms with van der Waals surface area (Å²) in [6.45, 7) is 8.39. The number of carboxylic acid groups (broad SMARTS) is 1. The van der Waals surface area contributed by atoms with Crippen molar-refractivity contribution in [3.05, 3.63) is 0 Å². The first-order valence-electron chi connectivity index (χ1n) is 6.81. The third-order valence-electron chi connectivity index (χ3n) is 3.15. The van der Waals surface area contributed by atoms with Gasteiger partial charge in [-0.15, -0.1) is 0 Å². The molecule has 1 heterocycles. The molecule has 3 N–H and O–H groups in total. The maximum atomic E-state index is 11.8. The van der Waals surface area contributed by atoms with Crippen molar-refractivity contribution in [1.29, 1.82) is 0 Å². The van der Waals surface area contributed by atoms with Crippen LogP contribution in [0.2, 0.25) is 0 Å². The number of hydrogen-bond donors (Lipinski definition) is 3. The maximum absolute atomic E-state index is 11.8. The molecule has 1 rings (SSSR count). The average Bonchev–Trinajstić information content (AvgIpc) is 2.65. The minimum absolute atomic E-state index is 0.0544. The molecule has 0 aromatic heterocycles. The van der Waals surface area contributed by atoms with Crippen LogP contribution in [0.1, 0.15) is 40.0 Å². The Morgan fingerprint density at radius 1 is 1.32 bits per heavy atom. The largest absolute Gasteiger partial charge is 0.481 e. The Balaban J connectivity index is 2.31. The number of nitrogens with zero attached hydrogens (tertiary/aromatic N) is 1. The number of hydrogen-bond acceptors (Lipinski definition) is 3. The van der Waals surface area contributed by atoms with Crippen LogP contribution in [-0.2, 0) is 4.79 Å². The van der Waals surface area contributed by atoms with Crippen LogP contribution in [0.3, 0.4) is 0 Å². The van der Waals surface area contributed by atoms with Crippen LogP contribution in [-0.4, -0.2) is 53.2 Å². The van der Waals surface area contributed by atoms with E-state index in [1.165, 1.54) is 12.8 Å². The number of urea groups is 1. The van der Waals surface area contributed by atoms with Crippen molar-refractivity contribution in [2.24, 2.45) is 0 Å². The molecule has 0 radical (unpaired) electrons. The van der Waals surface area contributed by atoms with E-state index in [9.17, 15) is 9.59 Å². The van der Waals surface area contributed by atoms with Gasteiger partial charge < -0.3 is 20.6 Å². The number of likely N-dealkylation sites (tertiary alicyclic amines) is 1. The van der Waals surface area contributed by atoms with Crippen LogP contribution < -0.4 is 10.6 Å². The zero-order chi connectivity index (χ0) is 14.5. The summed E-state index contributed by atoms with van der Waals surface area (Å²) < 4.78 is 0. The van der Waals surface area contributed by atoms with Crippen molar-refractivity contribution in [3.63, 3.8) is 0 Å². The quantitative estimate of drug-likeness (QED) is 0.674. The number of carboxylic acids is 1. The molecule has 0 saturated carbocycles. The lowest BCUT2D eigenvalue weighted by Crippen LogP contribution is -2.52. The van der Waals surface area contributed by atoms with Crippen LogP contribution in [0, 0.1) is 0 Å². The summed E-state index contributed by atoms with van der Waals surface area (Å²) in [6, 6.07) is -0.253. The average molecular weight is 271 g/mol. The van der Waals surface area contributed by atoms with Gasteiger partial charge in [-0.3, -0.25) is 4.79 Å². The molecule has 2 amide bonds. The van der Waals surface area contributed by atoms with E-state index in [1.807, 2.05) is 6.92 Å². The Morgan fingerprint density at radius 3 is 2.42 bits per heavy atom. The molecule has 1 unspecified atom stereocenters. The minimum atomic E-state index is -0.921. The molecule has 1 aliphatic heterocycles. The lowest BCUT2D eigenvalue weighted by Gasteiger charge is -2.27. The highest BCUT2D eigenvalue weighted by Crippen LogP contribution is 2.09. The first kappa shape index (κ1) is 15.8. The Bertz CT molecular complexity index is 325. The van der Waals surface area contributed by atoms with Gasteiger partial charge in [0, 0.05) is 18.1 Å². The number of amides is 2. The van der Waals surface area contributed by atoms with Gasteiger partial charge in [-0.05, 0) is 46.7 Å². The van der Waals surface area contributed by atoms with Gasteiger partial charge in [0.05, 0.1) is 6.42 Å². The van der Waals surface area contributed by atoms with Gasteiger partial charge in [-0.2, -0.15) is 0 Å². The third kappa shape index (κ3) is 6.42. The van der Waals surface area contributed by atoms with Crippen LogP contribution in [0.25, 0.3) is 0 Å². The number of aliphatic carboxylic acids is 1. The highest BCUT2D eigenvalue weighted by Gasteiger charge is 2.24. The van der Waals surface area contributed by atoms with Gasteiger partial charge in [0.2, 0.25) is 0 Å². The molecule has 0 bridgehead atoms. The molecule has 19 heavy (non-hydrogen) atoms. The summed E-state index contributed by atoms with van der Waals surface area (Å²) in [4.78, 5) is 24.8. The van der Waals surface area contributed by atoms with Crippen LogP contribution >= 0.6 is 0 Å². The van der Waals surface area contributed by atoms with E-state index in [2.05, 4.69) is 15.5 Å². The molecule has 6 nitrogen and oxygen atoms in total. The molecule has 0 aromatic rings. The molecule has 0 aliphatic carbocycles. The predicted molar refractivity (Wildman–Crippen MR) is 73.1 cm³/mol. The zero-order valence-electron chi connectivity index (χ0n) is 12.0. The monoisotopic (exact) mass is 271 g/mol. The van der Waals surface area contributed by atoms with Crippen molar-refractivity contribution in [2.45, 2.75) is 51.6 Å². The molecule has 6 heteroatoms.